The molecular weight excluding hydrogens is 445 g/mol. The minimum Gasteiger partial charge on any atom is -0.489 e. The van der Waals surface area contributed by atoms with Crippen molar-refractivity contribution in [3.63, 3.8) is 0 Å². The third kappa shape index (κ3) is 7.26. The minimum atomic E-state index is -0.219. The van der Waals surface area contributed by atoms with Crippen LogP contribution in [0.2, 0.25) is 0 Å². The molecule has 1 N–H and O–H groups in total. The largest absolute Gasteiger partial charge is 0.489 e. The molecule has 3 aromatic rings. The Bertz CT molecular complexity index is 1190. The summed E-state index contributed by atoms with van der Waals surface area (Å²) in [4.78, 5) is 25.9. The highest BCUT2D eigenvalue weighted by atomic mass is 19.1. The SMILES string of the molecule is CC(=O)NC1CCN(Cc2ccc(CCn3ccc(OCc4ccccc4)cc3=O)cc2F)CC1. The van der Waals surface area contributed by atoms with E-state index in [2.05, 4.69) is 10.2 Å². The van der Waals surface area contributed by atoms with Crippen LogP contribution in [0.3, 0.4) is 0 Å². The summed E-state index contributed by atoms with van der Waals surface area (Å²) in [5.41, 5.74) is 2.42. The molecule has 2 heterocycles. The molecule has 1 aromatic heterocycles. The van der Waals surface area contributed by atoms with Crippen LogP contribution in [0.1, 0.15) is 36.5 Å². The molecule has 1 aliphatic rings. The van der Waals surface area contributed by atoms with E-state index in [1.807, 2.05) is 42.5 Å². The van der Waals surface area contributed by atoms with Crippen molar-refractivity contribution in [1.82, 2.24) is 14.8 Å². The predicted molar refractivity (Wildman–Crippen MR) is 134 cm³/mol. The number of benzene rings is 2. The number of ether oxygens (including phenoxy) is 1. The van der Waals surface area contributed by atoms with Crippen molar-refractivity contribution in [3.8, 4) is 5.75 Å². The molecule has 0 atom stereocenters. The van der Waals surface area contributed by atoms with Crippen molar-refractivity contribution in [2.45, 2.75) is 51.9 Å². The number of pyridine rings is 1. The first-order chi connectivity index (χ1) is 17.0. The van der Waals surface area contributed by atoms with Crippen LogP contribution in [0.15, 0.2) is 71.7 Å². The molecule has 1 fully saturated rings. The topological polar surface area (TPSA) is 63.6 Å². The summed E-state index contributed by atoms with van der Waals surface area (Å²) in [5.74, 6) is 0.315. The number of nitrogens with one attached hydrogen (secondary N) is 1. The molecule has 0 aliphatic carbocycles. The summed E-state index contributed by atoms with van der Waals surface area (Å²) in [6, 6.07) is 18.6. The quantitative estimate of drug-likeness (QED) is 0.508. The Morgan fingerprint density at radius 1 is 1.06 bits per heavy atom. The number of halogens is 1. The van der Waals surface area contributed by atoms with Gasteiger partial charge in [0, 0.05) is 57.0 Å². The molecule has 1 amide bonds. The Hall–Kier alpha value is -3.45. The predicted octanol–water partition coefficient (Wildman–Crippen LogP) is 3.91. The van der Waals surface area contributed by atoms with Gasteiger partial charge in [-0.15, -0.1) is 0 Å². The van der Waals surface area contributed by atoms with Crippen molar-refractivity contribution >= 4 is 5.91 Å². The third-order valence-electron chi connectivity index (χ3n) is 6.36. The van der Waals surface area contributed by atoms with E-state index in [1.165, 1.54) is 13.0 Å². The molecule has 0 bridgehead atoms. The average Bonchev–Trinajstić information content (AvgIpc) is 2.85. The van der Waals surface area contributed by atoms with Gasteiger partial charge in [0.1, 0.15) is 18.2 Å². The molecule has 1 aliphatic heterocycles. The monoisotopic (exact) mass is 477 g/mol. The Balaban J connectivity index is 1.27. The van der Waals surface area contributed by atoms with Crippen molar-refractivity contribution in [2.24, 2.45) is 0 Å². The molecule has 1 saturated heterocycles. The number of amides is 1. The summed E-state index contributed by atoms with van der Waals surface area (Å²) in [5, 5.41) is 2.96. The van der Waals surface area contributed by atoms with Crippen LogP contribution >= 0.6 is 0 Å². The Morgan fingerprint density at radius 3 is 2.51 bits per heavy atom. The number of piperidine rings is 1. The number of aromatic nitrogens is 1. The van der Waals surface area contributed by atoms with E-state index in [4.69, 9.17) is 4.74 Å². The lowest BCUT2D eigenvalue weighted by molar-refractivity contribution is -0.119. The van der Waals surface area contributed by atoms with Crippen molar-refractivity contribution in [2.75, 3.05) is 13.1 Å². The van der Waals surface area contributed by atoms with Gasteiger partial charge in [-0.1, -0.05) is 42.5 Å². The highest BCUT2D eigenvalue weighted by Crippen LogP contribution is 2.18. The standard InChI is InChI=1S/C28H32FN3O3/c1-21(33)30-25-10-13-31(14-11-25)19-24-8-7-22(17-27(24)29)9-15-32-16-12-26(18-28(32)34)35-20-23-5-3-2-4-6-23/h2-8,12,16-18,25H,9-11,13-15,19-20H2,1H3,(H,30,33). The lowest BCUT2D eigenvalue weighted by atomic mass is 10.0. The number of rotatable bonds is 9. The van der Waals surface area contributed by atoms with E-state index in [-0.39, 0.29) is 23.3 Å². The van der Waals surface area contributed by atoms with Crippen LogP contribution in [0.25, 0.3) is 0 Å². The average molecular weight is 478 g/mol. The number of likely N-dealkylation sites (tertiary alicyclic amines) is 1. The van der Waals surface area contributed by atoms with Crippen molar-refractivity contribution < 1.29 is 13.9 Å². The molecule has 4 rings (SSSR count). The number of hydrogen-bond acceptors (Lipinski definition) is 4. The van der Waals surface area contributed by atoms with Gasteiger partial charge in [0.25, 0.3) is 5.56 Å². The van der Waals surface area contributed by atoms with Crippen molar-refractivity contribution in [3.05, 3.63) is 99.7 Å². The summed E-state index contributed by atoms with van der Waals surface area (Å²) in [6.45, 7) is 4.63. The fraction of sp³-hybridized carbons (Fsp3) is 0.357. The fourth-order valence-corrected chi connectivity index (χ4v) is 4.39. The number of carbonyl (C=O) groups excluding carboxylic acids is 1. The van der Waals surface area contributed by atoms with Crippen LogP contribution in [-0.4, -0.2) is 34.5 Å². The summed E-state index contributed by atoms with van der Waals surface area (Å²) >= 11 is 0. The van der Waals surface area contributed by atoms with Gasteiger partial charge in [0.2, 0.25) is 5.91 Å². The first-order valence-electron chi connectivity index (χ1n) is 12.1. The number of hydrogen-bond donors (Lipinski definition) is 1. The minimum absolute atomic E-state index is 0.000295. The highest BCUT2D eigenvalue weighted by Gasteiger charge is 2.20. The zero-order chi connectivity index (χ0) is 24.6. The molecule has 184 valence electrons. The second-order valence-corrected chi connectivity index (χ2v) is 9.10. The van der Waals surface area contributed by atoms with Gasteiger partial charge in [-0.05, 0) is 42.5 Å². The zero-order valence-electron chi connectivity index (χ0n) is 20.1. The normalized spacial score (nSPS) is 14.6. The lowest BCUT2D eigenvalue weighted by Gasteiger charge is -2.32. The van der Waals surface area contributed by atoms with Crippen LogP contribution in [0.4, 0.5) is 4.39 Å². The third-order valence-corrected chi connectivity index (χ3v) is 6.36. The molecule has 7 heteroatoms. The van der Waals surface area contributed by atoms with Gasteiger partial charge < -0.3 is 14.6 Å². The van der Waals surface area contributed by atoms with Crippen LogP contribution in [0.5, 0.6) is 5.75 Å². The van der Waals surface area contributed by atoms with Gasteiger partial charge in [0.05, 0.1) is 0 Å². The van der Waals surface area contributed by atoms with E-state index in [1.54, 1.807) is 22.9 Å². The van der Waals surface area contributed by atoms with E-state index in [0.717, 1.165) is 37.1 Å². The molecule has 35 heavy (non-hydrogen) atoms. The second kappa shape index (κ2) is 11.8. The van der Waals surface area contributed by atoms with Gasteiger partial charge >= 0.3 is 0 Å². The first kappa shape index (κ1) is 24.7. The Labute approximate surface area is 205 Å². The number of carbonyl (C=O) groups is 1. The Morgan fingerprint density at radius 2 is 1.83 bits per heavy atom. The fourth-order valence-electron chi connectivity index (χ4n) is 4.39. The van der Waals surface area contributed by atoms with Gasteiger partial charge in [-0.25, -0.2) is 4.39 Å². The summed E-state index contributed by atoms with van der Waals surface area (Å²) in [7, 11) is 0. The molecule has 0 unspecified atom stereocenters. The molecule has 0 spiro atoms. The van der Waals surface area contributed by atoms with E-state index in [9.17, 15) is 14.0 Å². The summed E-state index contributed by atoms with van der Waals surface area (Å²) in [6.07, 6.45) is 4.04. The summed E-state index contributed by atoms with van der Waals surface area (Å²) < 4.78 is 22.1. The van der Waals surface area contributed by atoms with Crippen LogP contribution in [0, 0.1) is 5.82 Å². The van der Waals surface area contributed by atoms with Crippen LogP contribution in [-0.2, 0) is 30.9 Å². The second-order valence-electron chi connectivity index (χ2n) is 9.10. The van der Waals surface area contributed by atoms with E-state index in [0.29, 0.717) is 37.4 Å². The van der Waals surface area contributed by atoms with E-state index < -0.39 is 0 Å². The molecule has 0 saturated carbocycles. The highest BCUT2D eigenvalue weighted by molar-refractivity contribution is 5.73. The van der Waals surface area contributed by atoms with Crippen molar-refractivity contribution in [1.29, 1.82) is 0 Å². The lowest BCUT2D eigenvalue weighted by Crippen LogP contribution is -2.43. The van der Waals surface area contributed by atoms with E-state index >= 15 is 0 Å². The smallest absolute Gasteiger partial charge is 0.254 e. The molecule has 0 radical (unpaired) electrons. The molecular formula is C28H32FN3O3. The molecule has 6 nitrogen and oxygen atoms in total. The number of nitrogens with zero attached hydrogens (tertiary/aromatic N) is 2. The first-order valence-corrected chi connectivity index (χ1v) is 12.1. The van der Waals surface area contributed by atoms with Gasteiger partial charge in [-0.3, -0.25) is 14.5 Å². The molecule has 2 aromatic carbocycles. The van der Waals surface area contributed by atoms with Crippen LogP contribution < -0.4 is 15.6 Å². The maximum absolute atomic E-state index is 14.8. The maximum atomic E-state index is 14.8. The maximum Gasteiger partial charge on any atom is 0.254 e. The van der Waals surface area contributed by atoms with Gasteiger partial charge in [-0.2, -0.15) is 0 Å². The van der Waals surface area contributed by atoms with Gasteiger partial charge in [0.15, 0.2) is 0 Å². The Kier molecular flexibility index (Phi) is 8.32. The number of aryl methyl sites for hydroxylation is 2. The zero-order valence-corrected chi connectivity index (χ0v) is 20.1.